The van der Waals surface area contributed by atoms with Crippen molar-refractivity contribution in [1.82, 2.24) is 0 Å². The molecule has 0 aliphatic heterocycles. The Bertz CT molecular complexity index is 292. The van der Waals surface area contributed by atoms with Gasteiger partial charge in [0.2, 0.25) is 0 Å². The van der Waals surface area contributed by atoms with Crippen LogP contribution in [-0.2, 0) is 0 Å². The van der Waals surface area contributed by atoms with Gasteiger partial charge in [0.25, 0.3) is 0 Å². The van der Waals surface area contributed by atoms with Crippen molar-refractivity contribution in [3.63, 3.8) is 0 Å². The molecule has 0 heterocycles. The average molecular weight is 208 g/mol. The highest BCUT2D eigenvalue weighted by Gasteiger charge is 2.02. The van der Waals surface area contributed by atoms with Crippen LogP contribution < -0.4 is 4.74 Å². The number of halogens is 1. The van der Waals surface area contributed by atoms with Crippen molar-refractivity contribution < 1.29 is 9.13 Å². The second kappa shape index (κ2) is 6.23. The fourth-order valence-corrected chi connectivity index (χ4v) is 1.26. The van der Waals surface area contributed by atoms with E-state index in [2.05, 4.69) is 13.5 Å². The van der Waals surface area contributed by atoms with Crippen LogP contribution in [0.5, 0.6) is 5.75 Å². The smallest absolute Gasteiger partial charge is 0.123 e. The third kappa shape index (κ3) is 4.63. The maximum absolute atomic E-state index is 12.6. The zero-order valence-corrected chi connectivity index (χ0v) is 9.08. The Labute approximate surface area is 90.6 Å². The Morgan fingerprint density at radius 3 is 2.67 bits per heavy atom. The second-order valence-corrected chi connectivity index (χ2v) is 3.74. The van der Waals surface area contributed by atoms with Gasteiger partial charge in [-0.1, -0.05) is 13.0 Å². The highest BCUT2D eigenvalue weighted by Crippen LogP contribution is 2.14. The molecule has 0 bridgehead atoms. The van der Waals surface area contributed by atoms with Crippen molar-refractivity contribution in [3.05, 3.63) is 42.7 Å². The summed E-state index contributed by atoms with van der Waals surface area (Å²) in [5, 5.41) is 0. The Kier molecular flexibility index (Phi) is 4.88. The topological polar surface area (TPSA) is 9.23 Å². The SMILES string of the molecule is C=CCC[C@@H](C)COc1ccc(F)cc1. The molecule has 1 aromatic rings. The Hall–Kier alpha value is -1.31. The van der Waals surface area contributed by atoms with Gasteiger partial charge in [0.15, 0.2) is 0 Å². The molecule has 0 spiro atoms. The molecule has 0 N–H and O–H groups in total. The molecular weight excluding hydrogens is 191 g/mol. The van der Waals surface area contributed by atoms with Gasteiger partial charge < -0.3 is 4.74 Å². The van der Waals surface area contributed by atoms with Crippen LogP contribution in [0.3, 0.4) is 0 Å². The highest BCUT2D eigenvalue weighted by atomic mass is 19.1. The lowest BCUT2D eigenvalue weighted by Crippen LogP contribution is -2.08. The summed E-state index contributed by atoms with van der Waals surface area (Å²) in [5.74, 6) is 0.983. The summed E-state index contributed by atoms with van der Waals surface area (Å²) < 4.78 is 18.1. The van der Waals surface area contributed by atoms with Gasteiger partial charge >= 0.3 is 0 Å². The molecule has 2 heteroatoms. The van der Waals surface area contributed by atoms with E-state index in [-0.39, 0.29) is 5.82 Å². The molecule has 0 saturated heterocycles. The van der Waals surface area contributed by atoms with Gasteiger partial charge in [-0.25, -0.2) is 4.39 Å². The van der Waals surface area contributed by atoms with Gasteiger partial charge in [-0.3, -0.25) is 0 Å². The van der Waals surface area contributed by atoms with Crippen LogP contribution in [0.2, 0.25) is 0 Å². The lowest BCUT2D eigenvalue weighted by atomic mass is 10.1. The van der Waals surface area contributed by atoms with Crippen LogP contribution >= 0.6 is 0 Å². The first-order valence-corrected chi connectivity index (χ1v) is 5.21. The van der Waals surface area contributed by atoms with E-state index in [0.717, 1.165) is 18.6 Å². The zero-order valence-electron chi connectivity index (χ0n) is 9.08. The van der Waals surface area contributed by atoms with Crippen molar-refractivity contribution in [2.45, 2.75) is 19.8 Å². The Morgan fingerprint density at radius 2 is 2.07 bits per heavy atom. The number of hydrogen-bond donors (Lipinski definition) is 0. The highest BCUT2D eigenvalue weighted by molar-refractivity contribution is 5.21. The van der Waals surface area contributed by atoms with Crippen LogP contribution in [0.15, 0.2) is 36.9 Å². The normalized spacial score (nSPS) is 12.1. The minimum Gasteiger partial charge on any atom is -0.493 e. The first-order valence-electron chi connectivity index (χ1n) is 5.21. The molecule has 1 rings (SSSR count). The summed E-state index contributed by atoms with van der Waals surface area (Å²) in [5.41, 5.74) is 0. The van der Waals surface area contributed by atoms with Crippen molar-refractivity contribution in [3.8, 4) is 5.75 Å². The summed E-state index contributed by atoms with van der Waals surface area (Å²) in [6.45, 7) is 6.48. The van der Waals surface area contributed by atoms with Crippen LogP contribution in [0.25, 0.3) is 0 Å². The Morgan fingerprint density at radius 1 is 1.40 bits per heavy atom. The van der Waals surface area contributed by atoms with Gasteiger partial charge in [0.05, 0.1) is 6.61 Å². The second-order valence-electron chi connectivity index (χ2n) is 3.74. The molecule has 0 unspecified atom stereocenters. The molecule has 82 valence electrons. The van der Waals surface area contributed by atoms with E-state index in [1.165, 1.54) is 12.1 Å². The van der Waals surface area contributed by atoms with Crippen LogP contribution in [0, 0.1) is 11.7 Å². The summed E-state index contributed by atoms with van der Waals surface area (Å²) in [4.78, 5) is 0. The van der Waals surface area contributed by atoms with Gasteiger partial charge in [-0.2, -0.15) is 0 Å². The zero-order chi connectivity index (χ0) is 11.1. The molecule has 0 radical (unpaired) electrons. The molecule has 0 aromatic heterocycles. The molecule has 0 aliphatic rings. The summed E-state index contributed by atoms with van der Waals surface area (Å²) >= 11 is 0. The maximum atomic E-state index is 12.6. The Balaban J connectivity index is 2.30. The van der Waals surface area contributed by atoms with Gasteiger partial charge in [-0.15, -0.1) is 6.58 Å². The van der Waals surface area contributed by atoms with E-state index >= 15 is 0 Å². The summed E-state index contributed by atoms with van der Waals surface area (Å²) in [7, 11) is 0. The molecule has 0 aliphatic carbocycles. The predicted octanol–water partition coefficient (Wildman–Crippen LogP) is 3.81. The first kappa shape index (κ1) is 11.8. The molecular formula is C13H17FO. The van der Waals surface area contributed by atoms with Crippen LogP contribution in [-0.4, -0.2) is 6.61 Å². The van der Waals surface area contributed by atoms with Gasteiger partial charge in [0.1, 0.15) is 11.6 Å². The molecule has 0 amide bonds. The third-order valence-corrected chi connectivity index (χ3v) is 2.21. The first-order chi connectivity index (χ1) is 7.22. The van der Waals surface area contributed by atoms with Crippen molar-refractivity contribution in [1.29, 1.82) is 0 Å². The van der Waals surface area contributed by atoms with E-state index in [4.69, 9.17) is 4.74 Å². The number of hydrogen-bond acceptors (Lipinski definition) is 1. The van der Waals surface area contributed by atoms with Crippen molar-refractivity contribution in [2.24, 2.45) is 5.92 Å². The molecule has 0 saturated carbocycles. The predicted molar refractivity (Wildman–Crippen MR) is 60.5 cm³/mol. The average Bonchev–Trinajstić information content (AvgIpc) is 2.25. The minimum absolute atomic E-state index is 0.234. The van der Waals surface area contributed by atoms with E-state index in [1.54, 1.807) is 12.1 Å². The van der Waals surface area contributed by atoms with Gasteiger partial charge in [0, 0.05) is 0 Å². The number of allylic oxidation sites excluding steroid dienone is 1. The number of benzene rings is 1. The molecule has 1 nitrogen and oxygen atoms in total. The molecule has 1 aromatic carbocycles. The lowest BCUT2D eigenvalue weighted by molar-refractivity contribution is 0.253. The van der Waals surface area contributed by atoms with Crippen LogP contribution in [0.4, 0.5) is 4.39 Å². The third-order valence-electron chi connectivity index (χ3n) is 2.21. The van der Waals surface area contributed by atoms with Crippen molar-refractivity contribution >= 4 is 0 Å². The molecule has 1 atom stereocenters. The van der Waals surface area contributed by atoms with E-state index in [9.17, 15) is 4.39 Å². The van der Waals surface area contributed by atoms with E-state index < -0.39 is 0 Å². The lowest BCUT2D eigenvalue weighted by Gasteiger charge is -2.11. The minimum atomic E-state index is -0.234. The number of rotatable bonds is 6. The van der Waals surface area contributed by atoms with Crippen molar-refractivity contribution in [2.75, 3.05) is 6.61 Å². The fourth-order valence-electron chi connectivity index (χ4n) is 1.26. The summed E-state index contributed by atoms with van der Waals surface area (Å²) in [6.07, 6.45) is 3.99. The van der Waals surface area contributed by atoms with Crippen LogP contribution in [0.1, 0.15) is 19.8 Å². The molecule has 15 heavy (non-hydrogen) atoms. The standard InChI is InChI=1S/C13H17FO/c1-3-4-5-11(2)10-15-13-8-6-12(14)7-9-13/h3,6-9,11H,1,4-5,10H2,2H3/t11-/m1/s1. The van der Waals surface area contributed by atoms with E-state index in [0.29, 0.717) is 12.5 Å². The number of ether oxygens (including phenoxy) is 1. The van der Waals surface area contributed by atoms with Gasteiger partial charge in [-0.05, 0) is 43.0 Å². The monoisotopic (exact) mass is 208 g/mol. The van der Waals surface area contributed by atoms with E-state index in [1.807, 2.05) is 6.08 Å². The quantitative estimate of drug-likeness (QED) is 0.646. The fraction of sp³-hybridized carbons (Fsp3) is 0.385. The summed E-state index contributed by atoms with van der Waals surface area (Å²) in [6, 6.07) is 6.11. The molecule has 0 fully saturated rings. The maximum Gasteiger partial charge on any atom is 0.123 e. The largest absolute Gasteiger partial charge is 0.493 e.